The molecule has 3 rings (SSSR count). The normalized spacial score (nSPS) is 14.1. The summed E-state index contributed by atoms with van der Waals surface area (Å²) in [5.74, 6) is -0.631. The third-order valence-electron chi connectivity index (χ3n) is 5.32. The van der Waals surface area contributed by atoms with Gasteiger partial charge in [-0.1, -0.05) is 19.4 Å². The van der Waals surface area contributed by atoms with E-state index in [0.29, 0.717) is 12.1 Å². The summed E-state index contributed by atoms with van der Waals surface area (Å²) in [5.41, 5.74) is 3.15. The molecule has 0 radical (unpaired) electrons. The Bertz CT molecular complexity index is 867. The van der Waals surface area contributed by atoms with Crippen molar-refractivity contribution in [3.05, 3.63) is 59.4 Å². The lowest BCUT2D eigenvalue weighted by atomic mass is 9.97. The molecule has 1 heterocycles. The van der Waals surface area contributed by atoms with Gasteiger partial charge in [0, 0.05) is 30.0 Å². The summed E-state index contributed by atoms with van der Waals surface area (Å²) in [7, 11) is 0. The first-order valence-corrected chi connectivity index (χ1v) is 10.2. The van der Waals surface area contributed by atoms with E-state index in [0.717, 1.165) is 49.2 Å². The second kappa shape index (κ2) is 9.54. The number of anilines is 2. The number of halogens is 1. The number of unbranched alkanes of at least 4 members (excludes halogenated alkanes) is 1. The van der Waals surface area contributed by atoms with E-state index in [9.17, 15) is 14.0 Å². The standard InChI is InChI=1S/C23H28FN3O2/c1-3-4-14-25-22(28)16(2)27-15-6-7-19-20(8-5-9-21(19)27)26-23(29)17-10-12-18(24)13-11-17/h5,8-13,16H,3-4,6-7,14-15H2,1-2H3,(H,25,28)(H,26,29). The molecule has 1 unspecified atom stereocenters. The Labute approximate surface area is 171 Å². The van der Waals surface area contributed by atoms with Crippen LogP contribution in [0.5, 0.6) is 0 Å². The molecule has 29 heavy (non-hydrogen) atoms. The van der Waals surface area contributed by atoms with Crippen LogP contribution < -0.4 is 15.5 Å². The van der Waals surface area contributed by atoms with Gasteiger partial charge in [0.15, 0.2) is 0 Å². The van der Waals surface area contributed by atoms with Crippen molar-refractivity contribution in [3.8, 4) is 0 Å². The summed E-state index contributed by atoms with van der Waals surface area (Å²) in [6.07, 6.45) is 3.74. The molecule has 1 aliphatic heterocycles. The molecule has 5 nitrogen and oxygen atoms in total. The highest BCUT2D eigenvalue weighted by Crippen LogP contribution is 2.34. The molecule has 2 aromatic rings. The highest BCUT2D eigenvalue weighted by Gasteiger charge is 2.27. The van der Waals surface area contributed by atoms with E-state index in [1.54, 1.807) is 0 Å². The van der Waals surface area contributed by atoms with E-state index < -0.39 is 0 Å². The third kappa shape index (κ3) is 4.94. The first-order chi connectivity index (χ1) is 14.0. The highest BCUT2D eigenvalue weighted by molar-refractivity contribution is 6.05. The number of carbonyl (C=O) groups excluding carboxylic acids is 2. The van der Waals surface area contributed by atoms with Crippen LogP contribution in [0.3, 0.4) is 0 Å². The summed E-state index contributed by atoms with van der Waals surface area (Å²) in [6.45, 7) is 5.50. The van der Waals surface area contributed by atoms with Crippen molar-refractivity contribution in [2.75, 3.05) is 23.3 Å². The van der Waals surface area contributed by atoms with Crippen LogP contribution in [0.25, 0.3) is 0 Å². The van der Waals surface area contributed by atoms with E-state index >= 15 is 0 Å². The number of carbonyl (C=O) groups is 2. The fourth-order valence-electron chi connectivity index (χ4n) is 3.65. The Balaban J connectivity index is 1.78. The van der Waals surface area contributed by atoms with E-state index in [1.807, 2.05) is 25.1 Å². The van der Waals surface area contributed by atoms with Gasteiger partial charge in [-0.3, -0.25) is 9.59 Å². The molecule has 1 atom stereocenters. The zero-order chi connectivity index (χ0) is 20.8. The molecule has 0 aromatic heterocycles. The van der Waals surface area contributed by atoms with E-state index in [4.69, 9.17) is 0 Å². The summed E-state index contributed by atoms with van der Waals surface area (Å²) in [5, 5.41) is 5.95. The van der Waals surface area contributed by atoms with Crippen LogP contribution in [-0.4, -0.2) is 30.9 Å². The maximum absolute atomic E-state index is 13.1. The predicted molar refractivity (Wildman–Crippen MR) is 114 cm³/mol. The molecule has 2 amide bonds. The molecule has 154 valence electrons. The molecule has 2 aromatic carbocycles. The van der Waals surface area contributed by atoms with E-state index in [1.165, 1.54) is 24.3 Å². The minimum absolute atomic E-state index is 0.0204. The van der Waals surface area contributed by atoms with Crippen LogP contribution in [-0.2, 0) is 11.2 Å². The van der Waals surface area contributed by atoms with Gasteiger partial charge in [-0.2, -0.15) is 0 Å². The number of hydrogen-bond donors (Lipinski definition) is 2. The molecule has 0 saturated heterocycles. The third-order valence-corrected chi connectivity index (χ3v) is 5.32. The number of benzene rings is 2. The molecule has 0 fully saturated rings. The fourth-order valence-corrected chi connectivity index (χ4v) is 3.65. The summed E-state index contributed by atoms with van der Waals surface area (Å²) in [6, 6.07) is 11.0. The molecule has 2 N–H and O–H groups in total. The lowest BCUT2D eigenvalue weighted by Gasteiger charge is -2.36. The average Bonchev–Trinajstić information content (AvgIpc) is 2.73. The van der Waals surface area contributed by atoms with Gasteiger partial charge < -0.3 is 15.5 Å². The van der Waals surface area contributed by atoms with Crippen molar-refractivity contribution in [1.82, 2.24) is 5.32 Å². The second-order valence-electron chi connectivity index (χ2n) is 7.38. The number of fused-ring (bicyclic) bond motifs is 1. The van der Waals surface area contributed by atoms with E-state index in [-0.39, 0.29) is 23.7 Å². The van der Waals surface area contributed by atoms with Crippen LogP contribution in [0.15, 0.2) is 42.5 Å². The lowest BCUT2D eigenvalue weighted by molar-refractivity contribution is -0.122. The molecule has 6 heteroatoms. The molecular weight excluding hydrogens is 369 g/mol. The number of amides is 2. The maximum atomic E-state index is 13.1. The molecular formula is C23H28FN3O2. The Morgan fingerprint density at radius 2 is 1.93 bits per heavy atom. The van der Waals surface area contributed by atoms with Crippen molar-refractivity contribution < 1.29 is 14.0 Å². The summed E-state index contributed by atoms with van der Waals surface area (Å²) in [4.78, 5) is 27.2. The van der Waals surface area contributed by atoms with Crippen LogP contribution in [0, 0.1) is 5.82 Å². The first-order valence-electron chi connectivity index (χ1n) is 10.2. The van der Waals surface area contributed by atoms with Gasteiger partial charge in [0.2, 0.25) is 5.91 Å². The van der Waals surface area contributed by atoms with Crippen molar-refractivity contribution in [2.45, 2.75) is 45.6 Å². The monoisotopic (exact) mass is 397 g/mol. The minimum atomic E-state index is -0.375. The Morgan fingerprint density at radius 3 is 2.66 bits per heavy atom. The largest absolute Gasteiger partial charge is 0.359 e. The highest BCUT2D eigenvalue weighted by atomic mass is 19.1. The molecule has 0 spiro atoms. The zero-order valence-corrected chi connectivity index (χ0v) is 17.0. The van der Waals surface area contributed by atoms with Gasteiger partial charge in [-0.15, -0.1) is 0 Å². The SMILES string of the molecule is CCCCNC(=O)C(C)N1CCCc2c(NC(=O)c3ccc(F)cc3)cccc21. The number of rotatable bonds is 7. The fraction of sp³-hybridized carbons (Fsp3) is 0.391. The molecule has 0 saturated carbocycles. The van der Waals surface area contributed by atoms with E-state index in [2.05, 4.69) is 22.5 Å². The Morgan fingerprint density at radius 1 is 1.17 bits per heavy atom. The van der Waals surface area contributed by atoms with Crippen molar-refractivity contribution in [2.24, 2.45) is 0 Å². The van der Waals surface area contributed by atoms with Gasteiger partial charge in [0.05, 0.1) is 0 Å². The first kappa shape index (κ1) is 20.8. The van der Waals surface area contributed by atoms with Gasteiger partial charge in [0.1, 0.15) is 11.9 Å². The molecule has 1 aliphatic rings. The van der Waals surface area contributed by atoms with Crippen molar-refractivity contribution in [1.29, 1.82) is 0 Å². The summed E-state index contributed by atoms with van der Waals surface area (Å²) >= 11 is 0. The minimum Gasteiger partial charge on any atom is -0.359 e. The van der Waals surface area contributed by atoms with Crippen LogP contribution in [0.2, 0.25) is 0 Å². The molecule has 0 aliphatic carbocycles. The quantitative estimate of drug-likeness (QED) is 0.691. The van der Waals surface area contributed by atoms with Gasteiger partial charge in [-0.25, -0.2) is 4.39 Å². The van der Waals surface area contributed by atoms with Crippen LogP contribution >= 0.6 is 0 Å². The van der Waals surface area contributed by atoms with Crippen molar-refractivity contribution in [3.63, 3.8) is 0 Å². The van der Waals surface area contributed by atoms with Gasteiger partial charge >= 0.3 is 0 Å². The van der Waals surface area contributed by atoms with Crippen LogP contribution in [0.4, 0.5) is 15.8 Å². The Kier molecular flexibility index (Phi) is 6.86. The average molecular weight is 397 g/mol. The summed E-state index contributed by atoms with van der Waals surface area (Å²) < 4.78 is 13.1. The number of nitrogens with zero attached hydrogens (tertiary/aromatic N) is 1. The maximum Gasteiger partial charge on any atom is 0.255 e. The van der Waals surface area contributed by atoms with Gasteiger partial charge in [0.25, 0.3) is 5.91 Å². The lowest BCUT2D eigenvalue weighted by Crippen LogP contribution is -2.47. The second-order valence-corrected chi connectivity index (χ2v) is 7.38. The molecule has 0 bridgehead atoms. The number of hydrogen-bond acceptors (Lipinski definition) is 3. The van der Waals surface area contributed by atoms with Crippen LogP contribution in [0.1, 0.15) is 49.0 Å². The smallest absolute Gasteiger partial charge is 0.255 e. The zero-order valence-electron chi connectivity index (χ0n) is 17.0. The van der Waals surface area contributed by atoms with Gasteiger partial charge in [-0.05, 0) is 68.1 Å². The predicted octanol–water partition coefficient (Wildman–Crippen LogP) is 4.14. The number of nitrogens with one attached hydrogen (secondary N) is 2. The Hall–Kier alpha value is -2.89. The van der Waals surface area contributed by atoms with Crippen molar-refractivity contribution >= 4 is 23.2 Å². The topological polar surface area (TPSA) is 61.4 Å².